The van der Waals surface area contributed by atoms with Crippen LogP contribution in [0, 0.1) is 11.7 Å². The van der Waals surface area contributed by atoms with E-state index in [-0.39, 0.29) is 27.9 Å². The minimum absolute atomic E-state index is 0.101. The molecule has 0 aliphatic heterocycles. The van der Waals surface area contributed by atoms with Crippen molar-refractivity contribution in [1.82, 2.24) is 5.32 Å². The van der Waals surface area contributed by atoms with E-state index in [1.54, 1.807) is 6.92 Å². The molecule has 23 heavy (non-hydrogen) atoms. The number of halogens is 1. The van der Waals surface area contributed by atoms with Gasteiger partial charge in [0.25, 0.3) is 0 Å². The summed E-state index contributed by atoms with van der Waals surface area (Å²) in [7, 11) is 0. The summed E-state index contributed by atoms with van der Waals surface area (Å²) < 4.78 is 13.8. The molecule has 0 saturated carbocycles. The lowest BCUT2D eigenvalue weighted by molar-refractivity contribution is -0.143. The fourth-order valence-corrected chi connectivity index (χ4v) is 2.61. The summed E-state index contributed by atoms with van der Waals surface area (Å²) in [6, 6.07) is 3.10. The Balaban J connectivity index is 2.65. The third-order valence-corrected chi connectivity index (χ3v) is 4.54. The molecule has 1 rings (SSSR count). The van der Waals surface area contributed by atoms with Gasteiger partial charge in [0.1, 0.15) is 11.9 Å². The van der Waals surface area contributed by atoms with Crippen molar-refractivity contribution in [3.8, 4) is 0 Å². The number of carboxylic acids is 1. The molecule has 0 saturated heterocycles. The predicted octanol–water partition coefficient (Wildman–Crippen LogP) is 2.74. The van der Waals surface area contributed by atoms with Gasteiger partial charge in [-0.05, 0) is 25.0 Å². The fourth-order valence-electron chi connectivity index (χ4n) is 1.88. The minimum atomic E-state index is -1.09. The summed E-state index contributed by atoms with van der Waals surface area (Å²) in [6.45, 7) is 4.93. The topological polar surface area (TPSA) is 83.5 Å². The van der Waals surface area contributed by atoms with Crippen LogP contribution in [-0.4, -0.2) is 34.6 Å². The summed E-state index contributed by atoms with van der Waals surface area (Å²) in [6.07, 6.45) is 0.617. The Bertz CT molecular complexity index is 606. The third-order valence-electron chi connectivity index (χ3n) is 3.49. The number of carbonyl (C=O) groups excluding carboxylic acids is 2. The number of rotatable bonds is 8. The van der Waals surface area contributed by atoms with E-state index in [0.29, 0.717) is 6.42 Å². The van der Waals surface area contributed by atoms with Crippen LogP contribution in [0.4, 0.5) is 4.39 Å². The maximum Gasteiger partial charge on any atom is 0.326 e. The molecular weight excluding hydrogens is 321 g/mol. The van der Waals surface area contributed by atoms with Gasteiger partial charge in [-0.25, -0.2) is 9.18 Å². The standard InChI is InChI=1S/C16H20FNO4S/c1-4-9(2)15(16(21)22)18-14(20)8-23-13-6-5-11(10(3)19)7-12(13)17/h5-7,9,15H,4,8H2,1-3H3,(H,18,20)(H,21,22)/t9-,15-/m1/s1. The number of thioether (sulfide) groups is 1. The highest BCUT2D eigenvalue weighted by Gasteiger charge is 2.25. The number of carboxylic acid groups (broad SMARTS) is 1. The van der Waals surface area contributed by atoms with E-state index in [2.05, 4.69) is 5.32 Å². The number of Topliss-reactive ketones (excluding diaryl/α,β-unsaturated/α-hetero) is 1. The molecular formula is C16H20FNO4S. The van der Waals surface area contributed by atoms with E-state index in [1.165, 1.54) is 19.1 Å². The molecule has 0 fully saturated rings. The lowest BCUT2D eigenvalue weighted by atomic mass is 9.99. The van der Waals surface area contributed by atoms with E-state index >= 15 is 0 Å². The molecule has 1 aromatic rings. The Kier molecular flexibility index (Phi) is 7.22. The van der Waals surface area contributed by atoms with Gasteiger partial charge in [0.2, 0.25) is 5.91 Å². The maximum absolute atomic E-state index is 13.8. The minimum Gasteiger partial charge on any atom is -0.480 e. The third kappa shape index (κ3) is 5.67. The molecule has 1 amide bonds. The average molecular weight is 341 g/mol. The zero-order chi connectivity index (χ0) is 17.6. The smallest absolute Gasteiger partial charge is 0.326 e. The first-order valence-corrected chi connectivity index (χ1v) is 8.20. The fraction of sp³-hybridized carbons (Fsp3) is 0.438. The lowest BCUT2D eigenvalue weighted by Crippen LogP contribution is -2.45. The molecule has 0 spiro atoms. The van der Waals surface area contributed by atoms with Crippen LogP contribution in [0.2, 0.25) is 0 Å². The van der Waals surface area contributed by atoms with Gasteiger partial charge in [0.05, 0.1) is 5.75 Å². The molecule has 0 radical (unpaired) electrons. The molecule has 1 aromatic carbocycles. The highest BCUT2D eigenvalue weighted by atomic mass is 32.2. The van der Waals surface area contributed by atoms with E-state index in [9.17, 15) is 18.8 Å². The summed E-state index contributed by atoms with van der Waals surface area (Å²) in [5.74, 6) is -2.68. The molecule has 0 aliphatic rings. The predicted molar refractivity (Wildman–Crippen MR) is 86.2 cm³/mol. The van der Waals surface area contributed by atoms with E-state index < -0.39 is 23.7 Å². The largest absolute Gasteiger partial charge is 0.480 e. The molecule has 5 nitrogen and oxygen atoms in total. The molecule has 0 bridgehead atoms. The number of aliphatic carboxylic acids is 1. The van der Waals surface area contributed by atoms with E-state index in [1.807, 2.05) is 6.92 Å². The Morgan fingerprint density at radius 1 is 1.35 bits per heavy atom. The number of hydrogen-bond donors (Lipinski definition) is 2. The Morgan fingerprint density at radius 2 is 2.00 bits per heavy atom. The number of benzene rings is 1. The van der Waals surface area contributed by atoms with Crippen LogP contribution in [0.5, 0.6) is 0 Å². The molecule has 0 aliphatic carbocycles. The first-order valence-electron chi connectivity index (χ1n) is 7.21. The van der Waals surface area contributed by atoms with Crippen molar-refractivity contribution in [1.29, 1.82) is 0 Å². The van der Waals surface area contributed by atoms with Crippen molar-refractivity contribution in [2.45, 2.75) is 38.1 Å². The first kappa shape index (κ1) is 19.2. The number of ketones is 1. The van der Waals surface area contributed by atoms with Gasteiger partial charge in [-0.3, -0.25) is 9.59 Å². The van der Waals surface area contributed by atoms with Gasteiger partial charge >= 0.3 is 5.97 Å². The summed E-state index contributed by atoms with van der Waals surface area (Å²) in [5, 5.41) is 11.6. The molecule has 2 N–H and O–H groups in total. The second-order valence-electron chi connectivity index (χ2n) is 5.26. The van der Waals surface area contributed by atoms with Crippen LogP contribution >= 0.6 is 11.8 Å². The van der Waals surface area contributed by atoms with Crippen LogP contribution in [0.15, 0.2) is 23.1 Å². The summed E-state index contributed by atoms with van der Waals surface area (Å²) in [4.78, 5) is 34.4. The Morgan fingerprint density at radius 3 is 2.48 bits per heavy atom. The summed E-state index contributed by atoms with van der Waals surface area (Å²) >= 11 is 0.957. The van der Waals surface area contributed by atoms with Gasteiger partial charge in [-0.15, -0.1) is 11.8 Å². The molecule has 0 aromatic heterocycles. The van der Waals surface area contributed by atoms with Crippen molar-refractivity contribution in [2.24, 2.45) is 5.92 Å². The van der Waals surface area contributed by atoms with Crippen LogP contribution in [0.1, 0.15) is 37.6 Å². The molecule has 0 unspecified atom stereocenters. The van der Waals surface area contributed by atoms with Crippen LogP contribution in [0.3, 0.4) is 0 Å². The number of amides is 1. The Hall–Kier alpha value is -1.89. The molecule has 126 valence electrons. The van der Waals surface area contributed by atoms with E-state index in [4.69, 9.17) is 5.11 Å². The molecule has 7 heteroatoms. The second-order valence-corrected chi connectivity index (χ2v) is 6.28. The van der Waals surface area contributed by atoms with Crippen molar-refractivity contribution >= 4 is 29.4 Å². The van der Waals surface area contributed by atoms with Crippen LogP contribution < -0.4 is 5.32 Å². The van der Waals surface area contributed by atoms with Crippen molar-refractivity contribution < 1.29 is 23.9 Å². The lowest BCUT2D eigenvalue weighted by Gasteiger charge is -2.20. The van der Waals surface area contributed by atoms with Gasteiger partial charge in [-0.2, -0.15) is 0 Å². The maximum atomic E-state index is 13.8. The Labute approximate surface area is 138 Å². The normalized spacial score (nSPS) is 13.2. The van der Waals surface area contributed by atoms with Crippen molar-refractivity contribution in [2.75, 3.05) is 5.75 Å². The van der Waals surface area contributed by atoms with Crippen molar-refractivity contribution in [3.05, 3.63) is 29.6 Å². The zero-order valence-corrected chi connectivity index (χ0v) is 14.1. The number of carbonyl (C=O) groups is 3. The average Bonchev–Trinajstić information content (AvgIpc) is 2.50. The molecule has 2 atom stereocenters. The number of nitrogens with one attached hydrogen (secondary N) is 1. The van der Waals surface area contributed by atoms with Gasteiger partial charge in [-0.1, -0.05) is 26.3 Å². The SMILES string of the molecule is CC[C@@H](C)[C@@H](NC(=O)CSc1ccc(C(C)=O)cc1F)C(=O)O. The highest BCUT2D eigenvalue weighted by molar-refractivity contribution is 8.00. The number of hydrogen-bond acceptors (Lipinski definition) is 4. The van der Waals surface area contributed by atoms with Gasteiger partial charge in [0.15, 0.2) is 5.78 Å². The highest BCUT2D eigenvalue weighted by Crippen LogP contribution is 2.23. The van der Waals surface area contributed by atoms with Crippen LogP contribution in [-0.2, 0) is 9.59 Å². The quantitative estimate of drug-likeness (QED) is 0.561. The molecule has 0 heterocycles. The van der Waals surface area contributed by atoms with Gasteiger partial charge < -0.3 is 10.4 Å². The van der Waals surface area contributed by atoms with Crippen molar-refractivity contribution in [3.63, 3.8) is 0 Å². The second kappa shape index (κ2) is 8.67. The van der Waals surface area contributed by atoms with Gasteiger partial charge in [0, 0.05) is 10.5 Å². The summed E-state index contributed by atoms with van der Waals surface area (Å²) in [5.41, 5.74) is 0.263. The first-order chi connectivity index (χ1) is 10.8. The van der Waals surface area contributed by atoms with Crippen LogP contribution in [0.25, 0.3) is 0 Å². The van der Waals surface area contributed by atoms with E-state index in [0.717, 1.165) is 17.8 Å². The monoisotopic (exact) mass is 341 g/mol. The zero-order valence-electron chi connectivity index (χ0n) is 13.3.